The Labute approximate surface area is 60.9 Å². The van der Waals surface area contributed by atoms with E-state index in [4.69, 9.17) is 19.0 Å². The van der Waals surface area contributed by atoms with Gasteiger partial charge in [0.2, 0.25) is 0 Å². The van der Waals surface area contributed by atoms with Crippen LogP contribution in [0.4, 0.5) is 0 Å². The van der Waals surface area contributed by atoms with E-state index in [0.29, 0.717) is 17.9 Å². The van der Waals surface area contributed by atoms with Crippen molar-refractivity contribution in [3.63, 3.8) is 0 Å². The molecule has 0 saturated carbocycles. The van der Waals surface area contributed by atoms with Crippen LogP contribution >= 0.6 is 0 Å². The molecule has 1 heterocycles. The normalized spacial score (nSPS) is 16.8. The van der Waals surface area contributed by atoms with Crippen LogP contribution in [-0.4, -0.2) is 20.0 Å². The first-order chi connectivity index (χ1) is 4.72. The molecule has 3 nitrogen and oxygen atoms in total. The summed E-state index contributed by atoms with van der Waals surface area (Å²) < 4.78 is 0. The molecule has 1 aliphatic heterocycles. The molecule has 50 valence electrons. The van der Waals surface area contributed by atoms with E-state index in [0.717, 1.165) is 0 Å². The molecule has 0 aromatic heterocycles. The summed E-state index contributed by atoms with van der Waals surface area (Å²) in [5.74, 6) is 0. The predicted molar refractivity (Wildman–Crippen MR) is 41.8 cm³/mol. The second-order valence-corrected chi connectivity index (χ2v) is 2.03. The minimum atomic E-state index is -0.0122. The number of nitrogens with one attached hydrogen (secondary N) is 2. The zero-order chi connectivity index (χ0) is 7.56. The zero-order valence-corrected chi connectivity index (χ0v) is 5.52. The van der Waals surface area contributed by atoms with Gasteiger partial charge in [-0.25, -0.2) is 0 Å². The Hall–Kier alpha value is -1.19. The Morgan fingerprint density at radius 1 is 1.80 bits per heavy atom. The first-order valence-electron chi connectivity index (χ1n) is 2.96. The number of rotatable bonds is 1. The van der Waals surface area contributed by atoms with Gasteiger partial charge in [0, 0.05) is 12.2 Å². The highest BCUT2D eigenvalue weighted by Gasteiger charge is 2.04. The van der Waals surface area contributed by atoms with Gasteiger partial charge in [0.25, 0.3) is 0 Å². The van der Waals surface area contributed by atoms with Gasteiger partial charge in [0.15, 0.2) is 0 Å². The van der Waals surface area contributed by atoms with Crippen LogP contribution in [0.15, 0.2) is 23.5 Å². The van der Waals surface area contributed by atoms with Crippen LogP contribution in [0.1, 0.15) is 0 Å². The van der Waals surface area contributed by atoms with Gasteiger partial charge in [-0.2, -0.15) is 0 Å². The highest BCUT2D eigenvalue weighted by atomic mass is 14.9. The van der Waals surface area contributed by atoms with Gasteiger partial charge in [0.05, 0.1) is 11.4 Å². The number of nitrogens with two attached hydrogens (primary N) is 1. The van der Waals surface area contributed by atoms with E-state index >= 15 is 0 Å². The topological polar surface area (TPSA) is 61.9 Å². The fourth-order valence-corrected chi connectivity index (χ4v) is 0.783. The fraction of sp³-hybridized carbons (Fsp3) is 0.167. The second kappa shape index (κ2) is 2.60. The van der Waals surface area contributed by atoms with Crippen molar-refractivity contribution in [3.8, 4) is 0 Å². The van der Waals surface area contributed by atoms with Crippen LogP contribution in [0.5, 0.6) is 0 Å². The van der Waals surface area contributed by atoms with Crippen LogP contribution in [0.3, 0.4) is 0 Å². The lowest BCUT2D eigenvalue weighted by molar-refractivity contribution is 0.914. The molecular formula is C6H8BN3. The van der Waals surface area contributed by atoms with Crippen molar-refractivity contribution in [1.29, 1.82) is 5.41 Å². The summed E-state index contributed by atoms with van der Waals surface area (Å²) in [5, 5.41) is 9.95. The van der Waals surface area contributed by atoms with Crippen molar-refractivity contribution in [1.82, 2.24) is 5.32 Å². The van der Waals surface area contributed by atoms with Crippen molar-refractivity contribution in [2.24, 2.45) is 5.73 Å². The largest absolute Gasteiger partial charge is 0.397 e. The summed E-state index contributed by atoms with van der Waals surface area (Å²) in [6, 6.07) is 0. The smallest absolute Gasteiger partial charge is 0.143 e. The highest BCUT2D eigenvalue weighted by Crippen LogP contribution is 2.01. The summed E-state index contributed by atoms with van der Waals surface area (Å²) >= 11 is 0. The molecule has 0 aromatic rings. The average molecular weight is 133 g/mol. The van der Waals surface area contributed by atoms with Gasteiger partial charge in [0.1, 0.15) is 7.85 Å². The molecule has 1 rings (SSSR count). The van der Waals surface area contributed by atoms with Gasteiger partial charge in [-0.3, -0.25) is 0 Å². The van der Waals surface area contributed by atoms with Crippen molar-refractivity contribution < 1.29 is 0 Å². The van der Waals surface area contributed by atoms with E-state index in [2.05, 4.69) is 5.32 Å². The highest BCUT2D eigenvalue weighted by molar-refractivity contribution is 6.63. The van der Waals surface area contributed by atoms with Gasteiger partial charge in [-0.1, -0.05) is 6.08 Å². The van der Waals surface area contributed by atoms with Crippen LogP contribution in [-0.2, 0) is 0 Å². The van der Waals surface area contributed by atoms with Crippen LogP contribution in [0.2, 0.25) is 0 Å². The van der Waals surface area contributed by atoms with Crippen LogP contribution in [0.25, 0.3) is 0 Å². The summed E-state index contributed by atoms with van der Waals surface area (Å²) in [6.07, 6.45) is 3.62. The number of allylic oxidation sites excluding steroid dienone is 2. The minimum absolute atomic E-state index is 0.0122. The zero-order valence-electron chi connectivity index (χ0n) is 5.52. The molecule has 0 saturated heterocycles. The van der Waals surface area contributed by atoms with Gasteiger partial charge >= 0.3 is 0 Å². The minimum Gasteiger partial charge on any atom is -0.397 e. The van der Waals surface area contributed by atoms with E-state index in [1.165, 1.54) is 0 Å². The molecule has 0 aromatic carbocycles. The predicted octanol–water partition coefficient (Wildman–Crippen LogP) is -0.538. The molecule has 2 radical (unpaired) electrons. The van der Waals surface area contributed by atoms with E-state index < -0.39 is 0 Å². The quantitative estimate of drug-likeness (QED) is 0.332. The third-order valence-corrected chi connectivity index (χ3v) is 1.25. The maximum atomic E-state index is 7.06. The van der Waals surface area contributed by atoms with E-state index in [9.17, 15) is 0 Å². The molecule has 0 spiro atoms. The van der Waals surface area contributed by atoms with Crippen molar-refractivity contribution in [2.75, 3.05) is 6.54 Å². The maximum absolute atomic E-state index is 7.06. The Kier molecular flexibility index (Phi) is 1.80. The molecule has 0 atom stereocenters. The van der Waals surface area contributed by atoms with Crippen molar-refractivity contribution in [2.45, 2.75) is 0 Å². The molecule has 0 bridgehead atoms. The molecule has 4 N–H and O–H groups in total. The third kappa shape index (κ3) is 1.21. The molecule has 0 aliphatic carbocycles. The first kappa shape index (κ1) is 6.93. The molecule has 0 amide bonds. The van der Waals surface area contributed by atoms with E-state index in [1.807, 2.05) is 6.08 Å². The van der Waals surface area contributed by atoms with Gasteiger partial charge in [-0.05, 0) is 6.08 Å². The number of hydrogen-bond donors (Lipinski definition) is 3. The van der Waals surface area contributed by atoms with E-state index in [1.54, 1.807) is 6.08 Å². The van der Waals surface area contributed by atoms with Gasteiger partial charge < -0.3 is 16.5 Å². The number of hydrogen-bond acceptors (Lipinski definition) is 3. The lowest BCUT2D eigenvalue weighted by Gasteiger charge is -2.13. The maximum Gasteiger partial charge on any atom is 0.143 e. The Morgan fingerprint density at radius 2 is 2.50 bits per heavy atom. The monoisotopic (exact) mass is 133 g/mol. The fourth-order valence-electron chi connectivity index (χ4n) is 0.783. The molecular weight excluding hydrogens is 125 g/mol. The Bertz CT molecular complexity index is 217. The average Bonchev–Trinajstić information content (AvgIpc) is 1.88. The SMILES string of the molecule is [B]C(=N)C1=C(N)C=CCN1. The third-order valence-electron chi connectivity index (χ3n) is 1.25. The standard InChI is InChI=1S/C6H8BN3/c7-6(9)5-4(8)2-1-3-10-5/h1-2,9-10H,3,8H2. The van der Waals surface area contributed by atoms with E-state index in [-0.39, 0.29) is 5.61 Å². The first-order valence-corrected chi connectivity index (χ1v) is 2.96. The lowest BCUT2D eigenvalue weighted by Crippen LogP contribution is -2.26. The Balaban J connectivity index is 2.89. The van der Waals surface area contributed by atoms with Crippen LogP contribution < -0.4 is 11.1 Å². The lowest BCUT2D eigenvalue weighted by atomic mass is 9.96. The molecule has 4 heteroatoms. The second-order valence-electron chi connectivity index (χ2n) is 2.03. The molecule has 0 unspecified atom stereocenters. The van der Waals surface area contributed by atoms with Crippen molar-refractivity contribution in [3.05, 3.63) is 23.5 Å². The molecule has 0 fully saturated rings. The molecule has 10 heavy (non-hydrogen) atoms. The summed E-state index contributed by atoms with van der Waals surface area (Å²) in [5.41, 5.74) is 6.53. The van der Waals surface area contributed by atoms with Gasteiger partial charge in [-0.15, -0.1) is 0 Å². The van der Waals surface area contributed by atoms with Crippen LogP contribution in [0, 0.1) is 5.41 Å². The summed E-state index contributed by atoms with van der Waals surface area (Å²) in [4.78, 5) is 0. The van der Waals surface area contributed by atoms with Crippen molar-refractivity contribution >= 4 is 13.5 Å². The Morgan fingerprint density at radius 3 is 2.90 bits per heavy atom. The summed E-state index contributed by atoms with van der Waals surface area (Å²) in [7, 11) is 5.21. The molecule has 1 aliphatic rings. The number of dihydropyridines is 1. The summed E-state index contributed by atoms with van der Waals surface area (Å²) in [6.45, 7) is 0.690.